The van der Waals surface area contributed by atoms with Crippen LogP contribution in [0.4, 0.5) is 10.1 Å². The van der Waals surface area contributed by atoms with Gasteiger partial charge >= 0.3 is 0 Å². The fourth-order valence-corrected chi connectivity index (χ4v) is 3.67. The number of rotatable bonds is 6. The molecule has 0 radical (unpaired) electrons. The second-order valence-corrected chi connectivity index (χ2v) is 7.25. The molecule has 162 valence electrons. The molecule has 0 saturated heterocycles. The first-order chi connectivity index (χ1) is 15.0. The Morgan fingerprint density at radius 1 is 1.19 bits per heavy atom. The molecule has 2 aliphatic rings. The zero-order chi connectivity index (χ0) is 22.0. The molecule has 0 saturated carbocycles. The summed E-state index contributed by atoms with van der Waals surface area (Å²) in [5.74, 6) is -0.0271. The molecule has 0 aromatic heterocycles. The van der Waals surface area contributed by atoms with Gasteiger partial charge in [-0.25, -0.2) is 4.39 Å². The van der Waals surface area contributed by atoms with Crippen LogP contribution in [0.15, 0.2) is 47.6 Å². The number of benzene rings is 2. The van der Waals surface area contributed by atoms with Gasteiger partial charge in [0.2, 0.25) is 5.91 Å². The number of carbonyl (C=O) groups excluding carboxylic acids is 2. The van der Waals surface area contributed by atoms with E-state index in [9.17, 15) is 14.0 Å². The number of carbonyl (C=O) groups is 2. The van der Waals surface area contributed by atoms with Crippen molar-refractivity contribution in [2.45, 2.75) is 25.9 Å². The third-order valence-corrected chi connectivity index (χ3v) is 5.25. The van der Waals surface area contributed by atoms with E-state index in [1.165, 1.54) is 29.3 Å². The molecule has 0 fully saturated rings. The predicted octanol–water partition coefficient (Wildman–Crippen LogP) is 2.07. The number of hydrazone groups is 1. The van der Waals surface area contributed by atoms with Gasteiger partial charge in [0.05, 0.1) is 5.69 Å². The van der Waals surface area contributed by atoms with E-state index in [0.29, 0.717) is 43.5 Å². The van der Waals surface area contributed by atoms with Crippen molar-refractivity contribution in [2.24, 2.45) is 10.8 Å². The predicted molar refractivity (Wildman–Crippen MR) is 112 cm³/mol. The number of hydrogen-bond acceptors (Lipinski definition) is 6. The van der Waals surface area contributed by atoms with Gasteiger partial charge in [0.25, 0.3) is 5.91 Å². The lowest BCUT2D eigenvalue weighted by Crippen LogP contribution is -2.40. The van der Waals surface area contributed by atoms with Crippen LogP contribution >= 0.6 is 0 Å². The molecule has 0 aliphatic carbocycles. The summed E-state index contributed by atoms with van der Waals surface area (Å²) in [6, 6.07) is 10.3. The van der Waals surface area contributed by atoms with Crippen LogP contribution < -0.4 is 20.2 Å². The maximum Gasteiger partial charge on any atom is 0.270 e. The van der Waals surface area contributed by atoms with Gasteiger partial charge in [-0.05, 0) is 37.3 Å². The van der Waals surface area contributed by atoms with E-state index in [4.69, 9.17) is 15.2 Å². The summed E-state index contributed by atoms with van der Waals surface area (Å²) in [5, 5.41) is 5.75. The highest BCUT2D eigenvalue weighted by Crippen LogP contribution is 2.34. The third kappa shape index (κ3) is 4.16. The molecule has 0 bridgehead atoms. The minimum atomic E-state index is -0.815. The summed E-state index contributed by atoms with van der Waals surface area (Å²) in [5.41, 5.74) is 7.07. The van der Waals surface area contributed by atoms with Crippen LogP contribution in [-0.2, 0) is 16.1 Å². The lowest BCUT2D eigenvalue weighted by molar-refractivity contribution is -0.124. The number of amides is 2. The lowest BCUT2D eigenvalue weighted by Gasteiger charge is -2.25. The number of ether oxygens (including phenoxy) is 2. The second-order valence-electron chi connectivity index (χ2n) is 7.25. The topological polar surface area (TPSA) is 97.5 Å². The molecule has 2 aromatic rings. The third-order valence-electron chi connectivity index (χ3n) is 5.25. The first-order valence-corrected chi connectivity index (χ1v) is 10.1. The van der Waals surface area contributed by atoms with Crippen LogP contribution in [0, 0.1) is 5.82 Å². The molecule has 2 heterocycles. The Morgan fingerprint density at radius 2 is 1.94 bits per heavy atom. The van der Waals surface area contributed by atoms with Crippen LogP contribution in [0.1, 0.15) is 18.9 Å². The largest absolute Gasteiger partial charge is 0.486 e. The Hall–Kier alpha value is -3.62. The Kier molecular flexibility index (Phi) is 5.75. The number of nitrogens with zero attached hydrogens (tertiary/aromatic N) is 3. The molecule has 31 heavy (non-hydrogen) atoms. The van der Waals surface area contributed by atoms with E-state index in [1.807, 2.05) is 25.1 Å². The van der Waals surface area contributed by atoms with Crippen molar-refractivity contribution >= 4 is 23.2 Å². The number of halogens is 1. The highest BCUT2D eigenvalue weighted by Gasteiger charge is 2.36. The number of anilines is 1. The zero-order valence-corrected chi connectivity index (χ0v) is 17.1. The Labute approximate surface area is 179 Å². The Balaban J connectivity index is 1.58. The minimum absolute atomic E-state index is 0.0779. The van der Waals surface area contributed by atoms with Crippen molar-refractivity contribution in [3.05, 3.63) is 53.8 Å². The van der Waals surface area contributed by atoms with Crippen molar-refractivity contribution in [3.63, 3.8) is 0 Å². The van der Waals surface area contributed by atoms with E-state index in [-0.39, 0.29) is 18.0 Å². The summed E-state index contributed by atoms with van der Waals surface area (Å²) in [4.78, 5) is 26.8. The molecule has 2 N–H and O–H groups in total. The molecule has 2 aromatic carbocycles. The van der Waals surface area contributed by atoms with Crippen molar-refractivity contribution in [2.75, 3.05) is 24.8 Å². The average Bonchev–Trinajstić information content (AvgIpc) is 3.23. The lowest BCUT2D eigenvalue weighted by atomic mass is 10.1. The number of fused-ring (bicyclic) bond motifs is 1. The van der Waals surface area contributed by atoms with Crippen molar-refractivity contribution in [1.29, 1.82) is 0 Å². The standard InChI is InChI=1S/C22H23FN4O4/c1-2-26(13-14-4-3-5-19-20(14)31-11-10-30-19)22(29)17-12-18(21(24)28)27(25-17)16-8-6-15(23)7-9-16/h3-9,18H,2,10-13H2,1H3,(H2,24,28). The van der Waals surface area contributed by atoms with E-state index in [1.54, 1.807) is 4.90 Å². The fourth-order valence-electron chi connectivity index (χ4n) is 3.67. The van der Waals surface area contributed by atoms with Crippen molar-refractivity contribution < 1.29 is 23.5 Å². The van der Waals surface area contributed by atoms with Gasteiger partial charge in [-0.2, -0.15) is 5.10 Å². The Bertz CT molecular complexity index is 1020. The van der Waals surface area contributed by atoms with Gasteiger partial charge in [-0.1, -0.05) is 12.1 Å². The van der Waals surface area contributed by atoms with Crippen LogP contribution in [0.2, 0.25) is 0 Å². The summed E-state index contributed by atoms with van der Waals surface area (Å²) < 4.78 is 24.6. The maximum absolute atomic E-state index is 13.3. The highest BCUT2D eigenvalue weighted by atomic mass is 19.1. The number of primary amides is 1. The quantitative estimate of drug-likeness (QED) is 0.763. The van der Waals surface area contributed by atoms with E-state index < -0.39 is 17.8 Å². The van der Waals surface area contributed by atoms with Crippen LogP contribution in [0.5, 0.6) is 11.5 Å². The zero-order valence-electron chi connectivity index (χ0n) is 17.1. The van der Waals surface area contributed by atoms with Gasteiger partial charge in [0.15, 0.2) is 11.5 Å². The molecule has 8 nitrogen and oxygen atoms in total. The summed E-state index contributed by atoms with van der Waals surface area (Å²) in [6.07, 6.45) is 0.0779. The number of nitrogens with two attached hydrogens (primary N) is 1. The average molecular weight is 426 g/mol. The van der Waals surface area contributed by atoms with Gasteiger partial charge in [0.1, 0.15) is 30.8 Å². The SMILES string of the molecule is CCN(Cc1cccc2c1OCCO2)C(=O)C1=NN(c2ccc(F)cc2)C(C(N)=O)C1. The molecule has 9 heteroatoms. The summed E-state index contributed by atoms with van der Waals surface area (Å²) in [6.45, 7) is 3.53. The molecule has 1 unspecified atom stereocenters. The van der Waals surface area contributed by atoms with Crippen LogP contribution in [-0.4, -0.2) is 48.2 Å². The molecular weight excluding hydrogens is 403 g/mol. The number of hydrogen-bond donors (Lipinski definition) is 1. The normalized spacial score (nSPS) is 17.3. The first-order valence-electron chi connectivity index (χ1n) is 10.1. The van der Waals surface area contributed by atoms with E-state index in [0.717, 1.165) is 5.56 Å². The van der Waals surface area contributed by atoms with Crippen LogP contribution in [0.25, 0.3) is 0 Å². The van der Waals surface area contributed by atoms with E-state index in [2.05, 4.69) is 5.10 Å². The molecule has 0 spiro atoms. The molecule has 4 rings (SSSR count). The maximum atomic E-state index is 13.3. The van der Waals surface area contributed by atoms with Gasteiger partial charge in [-0.3, -0.25) is 14.6 Å². The van der Waals surface area contributed by atoms with Crippen molar-refractivity contribution in [3.8, 4) is 11.5 Å². The highest BCUT2D eigenvalue weighted by molar-refractivity contribution is 6.40. The fraction of sp³-hybridized carbons (Fsp3) is 0.318. The van der Waals surface area contributed by atoms with Gasteiger partial charge < -0.3 is 20.1 Å². The second kappa shape index (κ2) is 8.63. The number of para-hydroxylation sites is 1. The molecule has 2 aliphatic heterocycles. The molecule has 1 atom stereocenters. The Morgan fingerprint density at radius 3 is 2.65 bits per heavy atom. The van der Waals surface area contributed by atoms with Crippen LogP contribution in [0.3, 0.4) is 0 Å². The minimum Gasteiger partial charge on any atom is -0.486 e. The van der Waals surface area contributed by atoms with Gasteiger partial charge in [-0.15, -0.1) is 0 Å². The molecule has 2 amide bonds. The smallest absolute Gasteiger partial charge is 0.270 e. The van der Waals surface area contributed by atoms with E-state index >= 15 is 0 Å². The molecular formula is C22H23FN4O4. The van der Waals surface area contributed by atoms with Crippen molar-refractivity contribution in [1.82, 2.24) is 4.90 Å². The van der Waals surface area contributed by atoms with Gasteiger partial charge in [0, 0.05) is 25.1 Å². The first kappa shape index (κ1) is 20.6. The monoisotopic (exact) mass is 426 g/mol. The summed E-state index contributed by atoms with van der Waals surface area (Å²) in [7, 11) is 0. The summed E-state index contributed by atoms with van der Waals surface area (Å²) >= 11 is 0.